The number of ether oxygens (including phenoxy) is 1. The Morgan fingerprint density at radius 2 is 1.59 bits per heavy atom. The summed E-state index contributed by atoms with van der Waals surface area (Å²) in [5.74, 6) is 0.260. The molecule has 0 spiro atoms. The predicted octanol–water partition coefficient (Wildman–Crippen LogP) is 9.14. The van der Waals surface area contributed by atoms with Crippen LogP contribution < -0.4 is 9.64 Å². The van der Waals surface area contributed by atoms with E-state index >= 15 is 0 Å². The van der Waals surface area contributed by atoms with Gasteiger partial charge in [-0.2, -0.15) is 0 Å². The summed E-state index contributed by atoms with van der Waals surface area (Å²) >= 11 is 17.6. The van der Waals surface area contributed by atoms with E-state index in [9.17, 15) is 4.79 Å². The van der Waals surface area contributed by atoms with E-state index in [1.807, 2.05) is 84.9 Å². The lowest BCUT2D eigenvalue weighted by Crippen LogP contribution is -2.28. The monoisotopic (exact) mass is 608 g/mol. The van der Waals surface area contributed by atoms with Crippen molar-refractivity contribution >= 4 is 79.4 Å². The maximum absolute atomic E-state index is 13.6. The Balaban J connectivity index is 1.52. The zero-order valence-corrected chi connectivity index (χ0v) is 23.2. The Morgan fingerprint density at radius 3 is 2.30 bits per heavy atom. The third kappa shape index (κ3) is 6.11. The molecule has 8 heteroatoms. The molecule has 5 rings (SSSR count). The number of carbonyl (C=O) groups is 1. The van der Waals surface area contributed by atoms with Gasteiger partial charge in [-0.15, -0.1) is 0 Å². The average molecular weight is 610 g/mol. The van der Waals surface area contributed by atoms with Gasteiger partial charge in [0.15, 0.2) is 5.17 Å². The molecule has 0 aliphatic carbocycles. The summed E-state index contributed by atoms with van der Waals surface area (Å²) in [4.78, 5) is 20.5. The summed E-state index contributed by atoms with van der Waals surface area (Å²) in [6.45, 7) is 0.308. The number of aliphatic imine (C=N–C) groups is 1. The van der Waals surface area contributed by atoms with Gasteiger partial charge in [0.2, 0.25) is 0 Å². The van der Waals surface area contributed by atoms with Gasteiger partial charge < -0.3 is 4.74 Å². The molecule has 0 saturated carbocycles. The molecule has 0 aromatic heterocycles. The Kier molecular flexibility index (Phi) is 8.01. The first-order valence-electron chi connectivity index (χ1n) is 11.3. The van der Waals surface area contributed by atoms with Crippen molar-refractivity contribution in [1.29, 1.82) is 0 Å². The first kappa shape index (κ1) is 25.6. The number of nitrogens with zero attached hydrogens (tertiary/aromatic N) is 2. The first-order valence-corrected chi connectivity index (χ1v) is 13.6. The van der Waals surface area contributed by atoms with Crippen LogP contribution in [0.5, 0.6) is 5.75 Å². The molecule has 1 heterocycles. The Morgan fingerprint density at radius 1 is 0.919 bits per heavy atom. The molecule has 184 valence electrons. The molecule has 1 saturated heterocycles. The Hall–Kier alpha value is -3.03. The van der Waals surface area contributed by atoms with E-state index in [4.69, 9.17) is 32.9 Å². The smallest absolute Gasteiger partial charge is 0.271 e. The number of rotatable bonds is 6. The van der Waals surface area contributed by atoms with E-state index in [2.05, 4.69) is 15.9 Å². The van der Waals surface area contributed by atoms with Gasteiger partial charge in [-0.3, -0.25) is 9.69 Å². The molecule has 1 aliphatic heterocycles. The van der Waals surface area contributed by atoms with Crippen molar-refractivity contribution in [2.24, 2.45) is 4.99 Å². The van der Waals surface area contributed by atoms with E-state index in [1.165, 1.54) is 11.8 Å². The maximum Gasteiger partial charge on any atom is 0.271 e. The summed E-state index contributed by atoms with van der Waals surface area (Å²) in [6.07, 6.45) is 1.76. The molecule has 4 aromatic rings. The highest BCUT2D eigenvalue weighted by atomic mass is 79.9. The van der Waals surface area contributed by atoms with E-state index < -0.39 is 0 Å². The van der Waals surface area contributed by atoms with Crippen LogP contribution in [0.4, 0.5) is 11.4 Å². The van der Waals surface area contributed by atoms with Crippen LogP contribution in [0.25, 0.3) is 6.08 Å². The second-order valence-electron chi connectivity index (χ2n) is 8.04. The van der Waals surface area contributed by atoms with Gasteiger partial charge in [-0.1, -0.05) is 87.7 Å². The second kappa shape index (κ2) is 11.6. The van der Waals surface area contributed by atoms with Crippen molar-refractivity contribution in [2.45, 2.75) is 6.61 Å². The number of benzene rings is 4. The lowest BCUT2D eigenvalue weighted by molar-refractivity contribution is -0.113. The van der Waals surface area contributed by atoms with Crippen molar-refractivity contribution in [3.63, 3.8) is 0 Å². The van der Waals surface area contributed by atoms with Crippen molar-refractivity contribution < 1.29 is 9.53 Å². The molecule has 0 atom stereocenters. The van der Waals surface area contributed by atoms with Gasteiger partial charge in [-0.05, 0) is 71.9 Å². The van der Waals surface area contributed by atoms with Gasteiger partial charge in [0.25, 0.3) is 5.91 Å². The van der Waals surface area contributed by atoms with Crippen LogP contribution in [0.1, 0.15) is 11.1 Å². The SMILES string of the molecule is O=C1/C(=C\c2cc(Cl)cc(Cl)c2OCc2ccc(Br)cc2)SC(=Nc2ccccc2)N1c1ccccc1. The third-order valence-corrected chi connectivity index (χ3v) is 7.42. The molecule has 4 aromatic carbocycles. The van der Waals surface area contributed by atoms with Crippen molar-refractivity contribution in [1.82, 2.24) is 0 Å². The summed E-state index contributed by atoms with van der Waals surface area (Å²) in [7, 11) is 0. The van der Waals surface area contributed by atoms with E-state index in [1.54, 1.807) is 23.1 Å². The number of thioether (sulfide) groups is 1. The van der Waals surface area contributed by atoms with Crippen LogP contribution in [-0.4, -0.2) is 11.1 Å². The lowest BCUT2D eigenvalue weighted by Gasteiger charge is -2.15. The van der Waals surface area contributed by atoms with Gasteiger partial charge >= 0.3 is 0 Å². The third-order valence-electron chi connectivity index (χ3n) is 5.42. The number of carbonyl (C=O) groups excluding carboxylic acids is 1. The van der Waals surface area contributed by atoms with Crippen LogP contribution >= 0.6 is 50.9 Å². The van der Waals surface area contributed by atoms with Gasteiger partial charge in [0.1, 0.15) is 12.4 Å². The summed E-state index contributed by atoms with van der Waals surface area (Å²) < 4.78 is 7.10. The average Bonchev–Trinajstić information content (AvgIpc) is 3.19. The number of hydrogen-bond acceptors (Lipinski definition) is 4. The summed E-state index contributed by atoms with van der Waals surface area (Å²) in [5, 5.41) is 1.37. The zero-order valence-electron chi connectivity index (χ0n) is 19.3. The molecule has 0 unspecified atom stereocenters. The molecule has 0 bridgehead atoms. The number of amides is 1. The fourth-order valence-corrected chi connectivity index (χ4v) is 5.50. The van der Waals surface area contributed by atoms with Gasteiger partial charge in [0.05, 0.1) is 21.3 Å². The number of para-hydroxylation sites is 2. The summed E-state index contributed by atoms with van der Waals surface area (Å²) in [5.41, 5.74) is 3.07. The molecule has 1 aliphatic rings. The first-order chi connectivity index (χ1) is 18.0. The zero-order chi connectivity index (χ0) is 25.8. The maximum atomic E-state index is 13.6. The molecule has 0 radical (unpaired) electrons. The minimum Gasteiger partial charge on any atom is -0.487 e. The fourth-order valence-electron chi connectivity index (χ4n) is 3.68. The van der Waals surface area contributed by atoms with E-state index in [0.29, 0.717) is 38.0 Å². The normalized spacial score (nSPS) is 15.5. The molecule has 4 nitrogen and oxygen atoms in total. The van der Waals surface area contributed by atoms with Gasteiger partial charge in [0, 0.05) is 15.1 Å². The number of hydrogen-bond donors (Lipinski definition) is 0. The minimum atomic E-state index is -0.194. The molecular weight excluding hydrogens is 591 g/mol. The van der Waals surface area contributed by atoms with Gasteiger partial charge in [-0.25, -0.2) is 4.99 Å². The second-order valence-corrected chi connectivity index (χ2v) is 10.8. The molecule has 1 fully saturated rings. The minimum absolute atomic E-state index is 0.194. The van der Waals surface area contributed by atoms with E-state index in [0.717, 1.165) is 21.4 Å². The standard InChI is InChI=1S/C29H19BrCl2N2O2S/c30-21-13-11-19(12-14-21)18-36-27-20(15-22(31)17-25(27)32)16-26-28(35)34(24-9-5-2-6-10-24)29(37-26)33-23-7-3-1-4-8-23/h1-17H,18H2/b26-16+,33-29?. The number of halogens is 3. The quantitative estimate of drug-likeness (QED) is 0.205. The lowest BCUT2D eigenvalue weighted by atomic mass is 10.1. The molecular formula is C29H19BrCl2N2O2S. The fraction of sp³-hybridized carbons (Fsp3) is 0.0345. The van der Waals surface area contributed by atoms with Crippen LogP contribution in [0, 0.1) is 0 Å². The number of amidine groups is 1. The molecule has 0 N–H and O–H groups in total. The van der Waals surface area contributed by atoms with Crippen molar-refractivity contribution in [3.05, 3.63) is 128 Å². The molecule has 37 heavy (non-hydrogen) atoms. The van der Waals surface area contributed by atoms with Crippen LogP contribution in [0.3, 0.4) is 0 Å². The summed E-state index contributed by atoms with van der Waals surface area (Å²) in [6, 6.07) is 30.2. The largest absolute Gasteiger partial charge is 0.487 e. The highest BCUT2D eigenvalue weighted by Crippen LogP contribution is 2.40. The van der Waals surface area contributed by atoms with E-state index in [-0.39, 0.29) is 5.91 Å². The van der Waals surface area contributed by atoms with Crippen LogP contribution in [0.15, 0.2) is 111 Å². The number of anilines is 1. The highest BCUT2D eigenvalue weighted by molar-refractivity contribution is 9.10. The molecule has 1 amide bonds. The Labute approximate surface area is 237 Å². The van der Waals surface area contributed by atoms with Crippen molar-refractivity contribution in [3.8, 4) is 5.75 Å². The van der Waals surface area contributed by atoms with Crippen LogP contribution in [-0.2, 0) is 11.4 Å². The predicted molar refractivity (Wildman–Crippen MR) is 158 cm³/mol. The topological polar surface area (TPSA) is 41.9 Å². The Bertz CT molecular complexity index is 1490. The highest BCUT2D eigenvalue weighted by Gasteiger charge is 2.35. The van der Waals surface area contributed by atoms with Crippen LogP contribution in [0.2, 0.25) is 10.0 Å². The van der Waals surface area contributed by atoms with Crippen molar-refractivity contribution in [2.75, 3.05) is 4.90 Å².